The van der Waals surface area contributed by atoms with Gasteiger partial charge in [-0.1, -0.05) is 31.2 Å². The highest BCUT2D eigenvalue weighted by molar-refractivity contribution is 7.26. The normalized spacial score (nSPS) is 11.5. The summed E-state index contributed by atoms with van der Waals surface area (Å²) in [6.45, 7) is 6.65. The molecule has 1 aromatic heterocycles. The van der Waals surface area contributed by atoms with Crippen molar-refractivity contribution in [3.05, 3.63) is 47.0 Å². The van der Waals surface area contributed by atoms with Crippen molar-refractivity contribution >= 4 is 31.5 Å². The van der Waals surface area contributed by atoms with Gasteiger partial charge in [0.2, 0.25) is 0 Å². The van der Waals surface area contributed by atoms with E-state index in [9.17, 15) is 0 Å². The van der Waals surface area contributed by atoms with Crippen LogP contribution in [0.25, 0.3) is 20.2 Å². The Morgan fingerprint density at radius 1 is 0.941 bits per heavy atom. The largest absolute Gasteiger partial charge is 0.135 e. The van der Waals surface area contributed by atoms with Gasteiger partial charge in [-0.05, 0) is 43.0 Å². The molecule has 0 aliphatic carbocycles. The summed E-state index contributed by atoms with van der Waals surface area (Å²) in [6, 6.07) is 11.3. The molecule has 0 nitrogen and oxygen atoms in total. The summed E-state index contributed by atoms with van der Waals surface area (Å²) in [6.07, 6.45) is 1.11. The van der Waals surface area contributed by atoms with Gasteiger partial charge in [0.15, 0.2) is 0 Å². The molecule has 0 bridgehead atoms. The summed E-state index contributed by atoms with van der Waals surface area (Å²) >= 11 is 1.93. The molecule has 0 amide bonds. The monoisotopic (exact) mass is 240 g/mol. The quantitative estimate of drug-likeness (QED) is 0.546. The van der Waals surface area contributed by atoms with Crippen LogP contribution in [0.5, 0.6) is 0 Å². The fraction of sp³-hybridized carbons (Fsp3) is 0.250. The zero-order chi connectivity index (χ0) is 12.0. The van der Waals surface area contributed by atoms with Crippen LogP contribution in [0.2, 0.25) is 0 Å². The van der Waals surface area contributed by atoms with Gasteiger partial charge in [0.05, 0.1) is 0 Å². The summed E-state index contributed by atoms with van der Waals surface area (Å²) in [5, 5.41) is 2.86. The number of fused-ring (bicyclic) bond motifs is 3. The van der Waals surface area contributed by atoms with Gasteiger partial charge in [0.1, 0.15) is 0 Å². The third-order valence-electron chi connectivity index (χ3n) is 3.45. The standard InChI is InChI=1S/C16H16S/c1-4-12-8-11(3)16-14(9-12)13-7-5-6-10(2)15(13)17-16/h5-9H,4H2,1-3H3. The van der Waals surface area contributed by atoms with Crippen molar-refractivity contribution in [1.29, 1.82) is 0 Å². The van der Waals surface area contributed by atoms with E-state index in [0.717, 1.165) is 6.42 Å². The lowest BCUT2D eigenvalue weighted by atomic mass is 10.0. The summed E-state index contributed by atoms with van der Waals surface area (Å²) in [5.41, 5.74) is 4.25. The van der Waals surface area contributed by atoms with Gasteiger partial charge in [-0.15, -0.1) is 11.3 Å². The predicted molar refractivity (Wildman–Crippen MR) is 78.2 cm³/mol. The molecule has 0 saturated heterocycles. The smallest absolute Gasteiger partial charge is 0.0384 e. The molecule has 3 aromatic rings. The minimum absolute atomic E-state index is 1.11. The van der Waals surface area contributed by atoms with Crippen LogP contribution < -0.4 is 0 Å². The van der Waals surface area contributed by atoms with Crippen LogP contribution >= 0.6 is 11.3 Å². The molecule has 1 heterocycles. The number of aryl methyl sites for hydroxylation is 3. The molecule has 0 unspecified atom stereocenters. The second-order valence-electron chi connectivity index (χ2n) is 4.70. The Hall–Kier alpha value is -1.34. The number of hydrogen-bond donors (Lipinski definition) is 0. The van der Waals surface area contributed by atoms with Gasteiger partial charge in [-0.2, -0.15) is 0 Å². The van der Waals surface area contributed by atoms with Crippen LogP contribution in [0.4, 0.5) is 0 Å². The fourth-order valence-electron chi connectivity index (χ4n) is 2.49. The minimum Gasteiger partial charge on any atom is -0.135 e. The second kappa shape index (κ2) is 3.85. The highest BCUT2D eigenvalue weighted by Gasteiger charge is 2.09. The van der Waals surface area contributed by atoms with Crippen LogP contribution in [-0.2, 0) is 6.42 Å². The maximum Gasteiger partial charge on any atom is 0.0384 e. The lowest BCUT2D eigenvalue weighted by molar-refractivity contribution is 1.14. The summed E-state index contributed by atoms with van der Waals surface area (Å²) in [5.74, 6) is 0. The Morgan fingerprint density at radius 2 is 1.71 bits per heavy atom. The first-order chi connectivity index (χ1) is 8.20. The van der Waals surface area contributed by atoms with Crippen molar-refractivity contribution in [2.45, 2.75) is 27.2 Å². The van der Waals surface area contributed by atoms with Gasteiger partial charge in [-0.3, -0.25) is 0 Å². The van der Waals surface area contributed by atoms with E-state index < -0.39 is 0 Å². The van der Waals surface area contributed by atoms with E-state index in [1.165, 1.54) is 36.9 Å². The Bertz CT molecular complexity index is 704. The summed E-state index contributed by atoms with van der Waals surface area (Å²) in [4.78, 5) is 0. The van der Waals surface area contributed by atoms with E-state index in [4.69, 9.17) is 0 Å². The zero-order valence-electron chi connectivity index (χ0n) is 10.5. The number of thiophene rings is 1. The van der Waals surface area contributed by atoms with Gasteiger partial charge in [-0.25, -0.2) is 0 Å². The van der Waals surface area contributed by atoms with Crippen LogP contribution in [0, 0.1) is 13.8 Å². The van der Waals surface area contributed by atoms with E-state index in [-0.39, 0.29) is 0 Å². The second-order valence-corrected chi connectivity index (χ2v) is 5.72. The third-order valence-corrected chi connectivity index (χ3v) is 4.94. The molecule has 0 radical (unpaired) electrons. The maximum atomic E-state index is 2.36. The van der Waals surface area contributed by atoms with Crippen molar-refractivity contribution in [2.24, 2.45) is 0 Å². The molecule has 3 rings (SSSR count). The third kappa shape index (κ3) is 1.57. The van der Waals surface area contributed by atoms with E-state index in [2.05, 4.69) is 51.1 Å². The van der Waals surface area contributed by atoms with E-state index >= 15 is 0 Å². The molecule has 0 aliphatic heterocycles. The SMILES string of the molecule is CCc1cc(C)c2sc3c(C)cccc3c2c1. The molecule has 0 fully saturated rings. The van der Waals surface area contributed by atoms with Gasteiger partial charge in [0, 0.05) is 20.2 Å². The highest BCUT2D eigenvalue weighted by Crippen LogP contribution is 2.38. The lowest BCUT2D eigenvalue weighted by Gasteiger charge is -2.01. The Morgan fingerprint density at radius 3 is 2.47 bits per heavy atom. The average Bonchev–Trinajstić information content (AvgIpc) is 2.70. The van der Waals surface area contributed by atoms with Gasteiger partial charge >= 0.3 is 0 Å². The zero-order valence-corrected chi connectivity index (χ0v) is 11.3. The van der Waals surface area contributed by atoms with Crippen LogP contribution in [0.1, 0.15) is 23.6 Å². The Labute approximate surface area is 106 Å². The molecule has 0 aliphatic rings. The molecule has 0 N–H and O–H groups in total. The molecule has 1 heteroatoms. The molecular formula is C16H16S. The topological polar surface area (TPSA) is 0 Å². The van der Waals surface area contributed by atoms with E-state index in [1.54, 1.807) is 0 Å². The van der Waals surface area contributed by atoms with Gasteiger partial charge < -0.3 is 0 Å². The van der Waals surface area contributed by atoms with Crippen LogP contribution in [-0.4, -0.2) is 0 Å². The number of rotatable bonds is 1. The molecule has 17 heavy (non-hydrogen) atoms. The van der Waals surface area contributed by atoms with Crippen LogP contribution in [0.3, 0.4) is 0 Å². The van der Waals surface area contributed by atoms with Crippen molar-refractivity contribution in [3.8, 4) is 0 Å². The van der Waals surface area contributed by atoms with Gasteiger partial charge in [0.25, 0.3) is 0 Å². The number of hydrogen-bond acceptors (Lipinski definition) is 1. The summed E-state index contributed by atoms with van der Waals surface area (Å²) < 4.78 is 2.89. The molecule has 0 spiro atoms. The van der Waals surface area contributed by atoms with E-state index in [1.807, 2.05) is 11.3 Å². The Kier molecular flexibility index (Phi) is 2.44. The maximum absolute atomic E-state index is 2.36. The van der Waals surface area contributed by atoms with Crippen molar-refractivity contribution < 1.29 is 0 Å². The summed E-state index contributed by atoms with van der Waals surface area (Å²) in [7, 11) is 0. The highest BCUT2D eigenvalue weighted by atomic mass is 32.1. The molecule has 0 saturated carbocycles. The first-order valence-corrected chi connectivity index (χ1v) is 6.93. The van der Waals surface area contributed by atoms with Crippen LogP contribution in [0.15, 0.2) is 30.3 Å². The Balaban J connectivity index is 2.52. The molecule has 86 valence electrons. The number of benzene rings is 2. The molecule has 2 aromatic carbocycles. The average molecular weight is 240 g/mol. The first-order valence-electron chi connectivity index (χ1n) is 6.12. The van der Waals surface area contributed by atoms with Crippen molar-refractivity contribution in [1.82, 2.24) is 0 Å². The van der Waals surface area contributed by atoms with E-state index in [0.29, 0.717) is 0 Å². The molecular weight excluding hydrogens is 224 g/mol. The van der Waals surface area contributed by atoms with Crippen molar-refractivity contribution in [3.63, 3.8) is 0 Å². The fourth-order valence-corrected chi connectivity index (χ4v) is 3.71. The van der Waals surface area contributed by atoms with Crippen molar-refractivity contribution in [2.75, 3.05) is 0 Å². The predicted octanol–water partition coefficient (Wildman–Crippen LogP) is 5.23. The first kappa shape index (κ1) is 10.8. The minimum atomic E-state index is 1.11. The lowest BCUT2D eigenvalue weighted by Crippen LogP contribution is -1.82. The molecule has 0 atom stereocenters.